The monoisotopic (exact) mass is 418 g/mol. The van der Waals surface area contributed by atoms with Crippen molar-refractivity contribution in [3.63, 3.8) is 0 Å². The zero-order valence-electron chi connectivity index (χ0n) is 13.8. The lowest BCUT2D eigenvalue weighted by molar-refractivity contribution is -0.135. The van der Waals surface area contributed by atoms with Crippen molar-refractivity contribution in [3.05, 3.63) is 56.7 Å². The van der Waals surface area contributed by atoms with Gasteiger partial charge in [-0.25, -0.2) is 0 Å². The van der Waals surface area contributed by atoms with Gasteiger partial charge in [-0.05, 0) is 42.0 Å². The first-order chi connectivity index (χ1) is 12.1. The van der Waals surface area contributed by atoms with Crippen molar-refractivity contribution in [2.75, 3.05) is 26.2 Å². The summed E-state index contributed by atoms with van der Waals surface area (Å²) in [6.07, 6.45) is 1.84. The summed E-state index contributed by atoms with van der Waals surface area (Å²) in [6, 6.07) is 11.8. The lowest BCUT2D eigenvalue weighted by atomic mass is 9.94. The summed E-state index contributed by atoms with van der Waals surface area (Å²) >= 11 is 4.92. The number of amides is 2. The van der Waals surface area contributed by atoms with E-state index >= 15 is 0 Å². The molecule has 2 aliphatic rings. The third-order valence-corrected chi connectivity index (χ3v) is 6.53. The molecule has 4 nitrogen and oxygen atoms in total. The number of benzene rings is 1. The number of nitrogens with zero attached hydrogens (tertiary/aromatic N) is 2. The summed E-state index contributed by atoms with van der Waals surface area (Å²) < 4.78 is 1.03. The van der Waals surface area contributed by atoms with E-state index in [1.165, 1.54) is 11.3 Å². The van der Waals surface area contributed by atoms with Crippen LogP contribution in [-0.4, -0.2) is 47.8 Å². The van der Waals surface area contributed by atoms with Crippen LogP contribution in [0.3, 0.4) is 0 Å². The molecule has 0 N–H and O–H groups in total. The molecule has 4 rings (SSSR count). The number of carbonyl (C=O) groups excluding carboxylic acids is 2. The number of rotatable bonds is 3. The first kappa shape index (κ1) is 16.8. The van der Waals surface area contributed by atoms with Crippen LogP contribution < -0.4 is 0 Å². The Morgan fingerprint density at radius 1 is 0.960 bits per heavy atom. The quantitative estimate of drug-likeness (QED) is 0.764. The molecule has 1 saturated carbocycles. The molecule has 0 atom stereocenters. The van der Waals surface area contributed by atoms with Gasteiger partial charge in [0.15, 0.2) is 0 Å². The van der Waals surface area contributed by atoms with Gasteiger partial charge < -0.3 is 9.80 Å². The predicted octanol–water partition coefficient (Wildman–Crippen LogP) is 3.53. The topological polar surface area (TPSA) is 40.6 Å². The van der Waals surface area contributed by atoms with Crippen molar-refractivity contribution in [2.24, 2.45) is 0 Å². The van der Waals surface area contributed by atoms with Crippen LogP contribution in [0.4, 0.5) is 0 Å². The first-order valence-corrected chi connectivity index (χ1v) is 10.2. The average molecular weight is 419 g/mol. The Morgan fingerprint density at radius 2 is 1.60 bits per heavy atom. The lowest BCUT2D eigenvalue weighted by Crippen LogP contribution is -2.52. The van der Waals surface area contributed by atoms with Crippen LogP contribution in [0.15, 0.2) is 46.3 Å². The Morgan fingerprint density at radius 3 is 2.16 bits per heavy atom. The smallest absolute Gasteiger partial charge is 0.264 e. The van der Waals surface area contributed by atoms with Crippen molar-refractivity contribution >= 4 is 39.1 Å². The number of carbonyl (C=O) groups is 2. The summed E-state index contributed by atoms with van der Waals surface area (Å²) in [5.74, 6) is 0.300. The van der Waals surface area contributed by atoms with Gasteiger partial charge in [-0.15, -0.1) is 11.3 Å². The van der Waals surface area contributed by atoms with Gasteiger partial charge in [0.1, 0.15) is 0 Å². The molecular weight excluding hydrogens is 400 g/mol. The van der Waals surface area contributed by atoms with Crippen LogP contribution in [0.25, 0.3) is 0 Å². The highest BCUT2D eigenvalue weighted by molar-refractivity contribution is 9.10. The van der Waals surface area contributed by atoms with Gasteiger partial charge in [-0.3, -0.25) is 9.59 Å². The minimum atomic E-state index is -0.333. The molecular formula is C19H19BrN2O2S. The molecule has 25 heavy (non-hydrogen) atoms. The number of piperazine rings is 1. The summed E-state index contributed by atoms with van der Waals surface area (Å²) in [5.41, 5.74) is 0.776. The normalized spacial score (nSPS) is 18.9. The second-order valence-corrected chi connectivity index (χ2v) is 8.51. The van der Waals surface area contributed by atoms with Gasteiger partial charge in [0.05, 0.1) is 10.3 Å². The minimum Gasteiger partial charge on any atom is -0.338 e. The van der Waals surface area contributed by atoms with Crippen LogP contribution >= 0.6 is 27.3 Å². The van der Waals surface area contributed by atoms with Gasteiger partial charge in [0, 0.05) is 30.7 Å². The van der Waals surface area contributed by atoms with Crippen molar-refractivity contribution < 1.29 is 9.59 Å². The molecule has 2 fully saturated rings. The van der Waals surface area contributed by atoms with Gasteiger partial charge in [-0.1, -0.05) is 34.1 Å². The standard InChI is InChI=1S/C19H19BrN2O2S/c20-15-5-3-14(4-6-15)19(7-8-19)18(24)22-11-9-21(10-12-22)17(23)16-2-1-13-25-16/h1-6,13H,7-12H2. The Hall–Kier alpha value is -1.66. The molecule has 2 amide bonds. The van der Waals surface area contributed by atoms with Gasteiger partial charge in [-0.2, -0.15) is 0 Å². The minimum absolute atomic E-state index is 0.0798. The van der Waals surface area contributed by atoms with E-state index in [1.54, 1.807) is 0 Å². The SMILES string of the molecule is O=C(c1cccs1)N1CCN(C(=O)C2(c3ccc(Br)cc3)CC2)CC1. The highest BCUT2D eigenvalue weighted by Crippen LogP contribution is 2.49. The largest absolute Gasteiger partial charge is 0.338 e. The molecule has 2 aromatic rings. The third-order valence-electron chi connectivity index (χ3n) is 5.14. The molecule has 2 heterocycles. The van der Waals surface area contributed by atoms with Gasteiger partial charge >= 0.3 is 0 Å². The number of thiophene rings is 1. The zero-order chi connectivity index (χ0) is 17.4. The van der Waals surface area contributed by atoms with Crippen LogP contribution in [0.2, 0.25) is 0 Å². The molecule has 0 unspecified atom stereocenters. The highest BCUT2D eigenvalue weighted by atomic mass is 79.9. The van der Waals surface area contributed by atoms with Crippen LogP contribution in [0, 0.1) is 0 Å². The molecule has 1 aromatic heterocycles. The van der Waals surface area contributed by atoms with Crippen LogP contribution in [0.5, 0.6) is 0 Å². The number of halogens is 1. The maximum absolute atomic E-state index is 13.1. The molecule has 0 radical (unpaired) electrons. The molecule has 6 heteroatoms. The van der Waals surface area contributed by atoms with Crippen LogP contribution in [0.1, 0.15) is 28.1 Å². The predicted molar refractivity (Wildman–Crippen MR) is 102 cm³/mol. The van der Waals surface area contributed by atoms with Crippen molar-refractivity contribution in [1.82, 2.24) is 9.80 Å². The second kappa shape index (κ2) is 6.57. The Labute approximate surface area is 159 Å². The summed E-state index contributed by atoms with van der Waals surface area (Å²) in [7, 11) is 0. The van der Waals surface area contributed by atoms with Gasteiger partial charge in [0.25, 0.3) is 5.91 Å². The molecule has 0 bridgehead atoms. The third kappa shape index (κ3) is 3.13. The fourth-order valence-corrected chi connectivity index (χ4v) is 4.45. The van der Waals surface area contributed by atoms with E-state index in [0.29, 0.717) is 26.2 Å². The Bertz CT molecular complexity index is 776. The van der Waals surface area contributed by atoms with Crippen LogP contribution in [-0.2, 0) is 10.2 Å². The van der Waals surface area contributed by atoms with Crippen molar-refractivity contribution in [3.8, 4) is 0 Å². The van der Waals surface area contributed by atoms with Gasteiger partial charge in [0.2, 0.25) is 5.91 Å². The Balaban J connectivity index is 1.41. The van der Waals surface area contributed by atoms with E-state index < -0.39 is 0 Å². The fraction of sp³-hybridized carbons (Fsp3) is 0.368. The number of hydrogen-bond acceptors (Lipinski definition) is 3. The maximum atomic E-state index is 13.1. The molecule has 130 valence electrons. The second-order valence-electron chi connectivity index (χ2n) is 6.65. The van der Waals surface area contributed by atoms with Crippen molar-refractivity contribution in [1.29, 1.82) is 0 Å². The molecule has 1 aromatic carbocycles. The highest BCUT2D eigenvalue weighted by Gasteiger charge is 2.53. The molecule has 1 aliphatic carbocycles. The summed E-state index contributed by atoms with van der Waals surface area (Å²) in [5, 5.41) is 1.92. The maximum Gasteiger partial charge on any atom is 0.264 e. The van der Waals surface area contributed by atoms with E-state index in [0.717, 1.165) is 27.8 Å². The molecule has 1 saturated heterocycles. The fourth-order valence-electron chi connectivity index (χ4n) is 3.49. The van der Waals surface area contributed by atoms with E-state index in [4.69, 9.17) is 0 Å². The Kier molecular flexibility index (Phi) is 4.41. The zero-order valence-corrected chi connectivity index (χ0v) is 16.2. The van der Waals surface area contributed by atoms with E-state index in [1.807, 2.05) is 51.6 Å². The van der Waals surface area contributed by atoms with Crippen molar-refractivity contribution in [2.45, 2.75) is 18.3 Å². The van der Waals surface area contributed by atoms with E-state index in [9.17, 15) is 9.59 Å². The molecule has 0 spiro atoms. The molecule has 1 aliphatic heterocycles. The number of hydrogen-bond donors (Lipinski definition) is 0. The van der Waals surface area contributed by atoms with E-state index in [-0.39, 0.29) is 17.2 Å². The lowest BCUT2D eigenvalue weighted by Gasteiger charge is -2.36. The summed E-state index contributed by atoms with van der Waals surface area (Å²) in [4.78, 5) is 30.1. The first-order valence-electron chi connectivity index (χ1n) is 8.48. The summed E-state index contributed by atoms with van der Waals surface area (Å²) in [6.45, 7) is 2.46. The van der Waals surface area contributed by atoms with E-state index in [2.05, 4.69) is 15.9 Å². The average Bonchev–Trinajstić information content (AvgIpc) is 3.27.